The molecule has 1 fully saturated rings. The van der Waals surface area contributed by atoms with Gasteiger partial charge in [-0.1, -0.05) is 48.7 Å². The molecule has 5 nitrogen and oxygen atoms in total. The molecule has 1 saturated carbocycles. The highest BCUT2D eigenvalue weighted by atomic mass is 32.2. The summed E-state index contributed by atoms with van der Waals surface area (Å²) in [7, 11) is 0. The van der Waals surface area contributed by atoms with Crippen molar-refractivity contribution < 1.29 is 4.79 Å². The highest BCUT2D eigenvalue weighted by molar-refractivity contribution is 8.00. The van der Waals surface area contributed by atoms with Gasteiger partial charge in [0.05, 0.1) is 5.25 Å². The molecular formula is C19H26N4OS. The molecular weight excluding hydrogens is 332 g/mol. The fourth-order valence-corrected chi connectivity index (χ4v) is 4.11. The number of aryl methyl sites for hydroxylation is 2. The van der Waals surface area contributed by atoms with Gasteiger partial charge in [0.1, 0.15) is 5.82 Å². The summed E-state index contributed by atoms with van der Waals surface area (Å²) in [5, 5.41) is 12.2. The van der Waals surface area contributed by atoms with Crippen molar-refractivity contribution in [1.29, 1.82) is 0 Å². The van der Waals surface area contributed by atoms with Crippen LogP contribution in [0.15, 0.2) is 29.4 Å². The first kappa shape index (κ1) is 18.0. The van der Waals surface area contributed by atoms with E-state index in [4.69, 9.17) is 0 Å². The number of nitrogens with zero attached hydrogens (tertiary/aromatic N) is 3. The monoisotopic (exact) mass is 358 g/mol. The largest absolute Gasteiger partial charge is 0.352 e. The Balaban J connectivity index is 1.70. The van der Waals surface area contributed by atoms with Crippen LogP contribution in [0.4, 0.5) is 0 Å². The van der Waals surface area contributed by atoms with E-state index in [1.807, 2.05) is 18.4 Å². The number of aromatic nitrogens is 3. The standard InChI is InChI=1S/C19H26N4OS/c1-13-9-11-17(12-10-13)23-15(3)21-22-19(23)25-14(2)18(24)20-16-7-5-4-6-8-16/h9-12,14,16H,4-8H2,1-3H3,(H,20,24)/t14-/m1/s1. The summed E-state index contributed by atoms with van der Waals surface area (Å²) >= 11 is 1.46. The third kappa shape index (κ3) is 4.42. The number of nitrogens with one attached hydrogen (secondary N) is 1. The Hall–Kier alpha value is -1.82. The minimum Gasteiger partial charge on any atom is -0.352 e. The predicted molar refractivity (Wildman–Crippen MR) is 101 cm³/mol. The van der Waals surface area contributed by atoms with Gasteiger partial charge in [-0.25, -0.2) is 0 Å². The van der Waals surface area contributed by atoms with Crippen molar-refractivity contribution in [3.8, 4) is 5.69 Å². The lowest BCUT2D eigenvalue weighted by Gasteiger charge is -2.24. The number of hydrogen-bond acceptors (Lipinski definition) is 4. The molecule has 1 aromatic heterocycles. The maximum atomic E-state index is 12.5. The fourth-order valence-electron chi connectivity index (χ4n) is 3.19. The topological polar surface area (TPSA) is 59.8 Å². The van der Waals surface area contributed by atoms with Crippen LogP contribution in [0.5, 0.6) is 0 Å². The van der Waals surface area contributed by atoms with Crippen LogP contribution in [0.3, 0.4) is 0 Å². The first-order chi connectivity index (χ1) is 12.0. The first-order valence-corrected chi connectivity index (χ1v) is 9.88. The Morgan fingerprint density at radius 1 is 1.16 bits per heavy atom. The van der Waals surface area contributed by atoms with Crippen LogP contribution in [0.1, 0.15) is 50.4 Å². The Morgan fingerprint density at radius 2 is 1.84 bits per heavy atom. The Bertz CT molecular complexity index is 720. The molecule has 134 valence electrons. The number of benzene rings is 1. The van der Waals surface area contributed by atoms with Crippen molar-refractivity contribution >= 4 is 17.7 Å². The molecule has 1 aliphatic rings. The van der Waals surface area contributed by atoms with Crippen molar-refractivity contribution in [3.63, 3.8) is 0 Å². The zero-order chi connectivity index (χ0) is 17.8. The molecule has 2 aromatic rings. The van der Waals surface area contributed by atoms with Gasteiger partial charge in [0.15, 0.2) is 5.16 Å². The van der Waals surface area contributed by atoms with Crippen LogP contribution in [-0.4, -0.2) is 32.0 Å². The lowest BCUT2D eigenvalue weighted by Crippen LogP contribution is -2.40. The van der Waals surface area contributed by atoms with Crippen LogP contribution in [-0.2, 0) is 4.79 Å². The summed E-state index contributed by atoms with van der Waals surface area (Å²) in [5.41, 5.74) is 2.24. The molecule has 1 atom stereocenters. The molecule has 0 saturated heterocycles. The third-order valence-electron chi connectivity index (χ3n) is 4.69. The number of rotatable bonds is 5. The molecule has 1 N–H and O–H groups in total. The number of hydrogen-bond donors (Lipinski definition) is 1. The lowest BCUT2D eigenvalue weighted by atomic mass is 9.95. The first-order valence-electron chi connectivity index (χ1n) is 9.00. The fraction of sp³-hybridized carbons (Fsp3) is 0.526. The van der Waals surface area contributed by atoms with Gasteiger partial charge in [-0.05, 0) is 45.7 Å². The molecule has 0 bridgehead atoms. The number of carbonyl (C=O) groups excluding carboxylic acids is 1. The third-order valence-corrected chi connectivity index (χ3v) is 5.73. The van der Waals surface area contributed by atoms with Gasteiger partial charge in [-0.3, -0.25) is 9.36 Å². The summed E-state index contributed by atoms with van der Waals surface area (Å²) in [6.07, 6.45) is 5.92. The predicted octanol–water partition coefficient (Wildman–Crippen LogP) is 3.81. The maximum absolute atomic E-state index is 12.5. The molecule has 0 radical (unpaired) electrons. The van der Waals surface area contributed by atoms with E-state index in [1.165, 1.54) is 36.6 Å². The maximum Gasteiger partial charge on any atom is 0.233 e. The van der Waals surface area contributed by atoms with Crippen LogP contribution in [0.2, 0.25) is 0 Å². The SMILES string of the molecule is Cc1ccc(-n2c(C)nnc2S[C@H](C)C(=O)NC2CCCCC2)cc1. The quantitative estimate of drug-likeness (QED) is 0.826. The number of carbonyl (C=O) groups is 1. The van der Waals surface area contributed by atoms with E-state index < -0.39 is 0 Å². The molecule has 0 unspecified atom stereocenters. The molecule has 1 aromatic carbocycles. The van der Waals surface area contributed by atoms with Crippen LogP contribution in [0, 0.1) is 13.8 Å². The second-order valence-electron chi connectivity index (χ2n) is 6.80. The Kier molecular flexibility index (Phi) is 5.78. The minimum absolute atomic E-state index is 0.0907. The average molecular weight is 359 g/mol. The van der Waals surface area contributed by atoms with Crippen molar-refractivity contribution in [2.24, 2.45) is 0 Å². The van der Waals surface area contributed by atoms with E-state index in [0.717, 1.165) is 29.5 Å². The van der Waals surface area contributed by atoms with Crippen molar-refractivity contribution in [3.05, 3.63) is 35.7 Å². The van der Waals surface area contributed by atoms with Crippen molar-refractivity contribution in [2.45, 2.75) is 69.3 Å². The van der Waals surface area contributed by atoms with Gasteiger partial charge in [0.2, 0.25) is 5.91 Å². The molecule has 0 spiro atoms. The summed E-state index contributed by atoms with van der Waals surface area (Å²) < 4.78 is 2.01. The van der Waals surface area contributed by atoms with E-state index >= 15 is 0 Å². The Morgan fingerprint density at radius 3 is 2.52 bits per heavy atom. The molecule has 25 heavy (non-hydrogen) atoms. The van der Waals surface area contributed by atoms with Crippen LogP contribution in [0.25, 0.3) is 5.69 Å². The van der Waals surface area contributed by atoms with Gasteiger partial charge >= 0.3 is 0 Å². The zero-order valence-electron chi connectivity index (χ0n) is 15.2. The van der Waals surface area contributed by atoms with E-state index in [-0.39, 0.29) is 11.2 Å². The van der Waals surface area contributed by atoms with Crippen molar-refractivity contribution in [2.75, 3.05) is 0 Å². The van der Waals surface area contributed by atoms with Gasteiger partial charge in [0, 0.05) is 11.7 Å². The average Bonchev–Trinajstić information content (AvgIpc) is 2.97. The lowest BCUT2D eigenvalue weighted by molar-refractivity contribution is -0.121. The zero-order valence-corrected chi connectivity index (χ0v) is 16.0. The number of thioether (sulfide) groups is 1. The van der Waals surface area contributed by atoms with Crippen LogP contribution < -0.4 is 5.32 Å². The summed E-state index contributed by atoms with van der Waals surface area (Å²) in [5.74, 6) is 0.916. The van der Waals surface area contributed by atoms with Gasteiger partial charge in [-0.15, -0.1) is 10.2 Å². The van der Waals surface area contributed by atoms with Gasteiger partial charge in [-0.2, -0.15) is 0 Å². The normalized spacial score (nSPS) is 16.6. The van der Waals surface area contributed by atoms with Gasteiger partial charge < -0.3 is 5.32 Å². The van der Waals surface area contributed by atoms with E-state index in [0.29, 0.717) is 6.04 Å². The summed E-state index contributed by atoms with van der Waals surface area (Å²) in [4.78, 5) is 12.5. The number of amides is 1. The summed E-state index contributed by atoms with van der Waals surface area (Å²) in [6.45, 7) is 5.94. The van der Waals surface area contributed by atoms with Crippen molar-refractivity contribution in [1.82, 2.24) is 20.1 Å². The molecule has 6 heteroatoms. The summed E-state index contributed by atoms with van der Waals surface area (Å²) in [6, 6.07) is 8.59. The smallest absolute Gasteiger partial charge is 0.233 e. The molecule has 0 aliphatic heterocycles. The second kappa shape index (κ2) is 8.04. The molecule has 1 aliphatic carbocycles. The van der Waals surface area contributed by atoms with E-state index in [9.17, 15) is 4.79 Å². The van der Waals surface area contributed by atoms with E-state index in [1.54, 1.807) is 0 Å². The second-order valence-corrected chi connectivity index (χ2v) is 8.11. The molecule has 3 rings (SSSR count). The Labute approximate surface area is 153 Å². The van der Waals surface area contributed by atoms with Gasteiger partial charge in [0.25, 0.3) is 0 Å². The minimum atomic E-state index is -0.199. The van der Waals surface area contributed by atoms with Crippen LogP contribution >= 0.6 is 11.8 Å². The highest BCUT2D eigenvalue weighted by Crippen LogP contribution is 2.26. The highest BCUT2D eigenvalue weighted by Gasteiger charge is 2.23. The molecule has 1 amide bonds. The van der Waals surface area contributed by atoms with E-state index in [2.05, 4.69) is 46.7 Å². The molecule has 1 heterocycles.